The molecule has 0 spiro atoms. The highest BCUT2D eigenvalue weighted by Crippen LogP contribution is 2.28. The van der Waals surface area contributed by atoms with Crippen LogP contribution in [0.4, 0.5) is 0 Å². The molecule has 1 aliphatic heterocycles. The third kappa shape index (κ3) is 5.66. The van der Waals surface area contributed by atoms with Gasteiger partial charge in [-0.15, -0.1) is 24.0 Å². The summed E-state index contributed by atoms with van der Waals surface area (Å²) >= 11 is 0. The zero-order valence-electron chi connectivity index (χ0n) is 15.6. The second-order valence-electron chi connectivity index (χ2n) is 6.13. The van der Waals surface area contributed by atoms with E-state index in [-0.39, 0.29) is 35.8 Å². The van der Waals surface area contributed by atoms with E-state index < -0.39 is 0 Å². The summed E-state index contributed by atoms with van der Waals surface area (Å²) in [6, 6.07) is 13.4. The van der Waals surface area contributed by atoms with Gasteiger partial charge in [-0.1, -0.05) is 24.3 Å². The van der Waals surface area contributed by atoms with Crippen molar-refractivity contribution < 1.29 is 14.6 Å². The molecule has 0 fully saturated rings. The summed E-state index contributed by atoms with van der Waals surface area (Å²) in [5.41, 5.74) is 2.15. The van der Waals surface area contributed by atoms with Crippen LogP contribution in [0.5, 0.6) is 17.2 Å². The van der Waals surface area contributed by atoms with Crippen LogP contribution in [0.25, 0.3) is 0 Å². The van der Waals surface area contributed by atoms with Gasteiger partial charge in [-0.25, -0.2) is 4.99 Å². The number of rotatable bonds is 6. The van der Waals surface area contributed by atoms with E-state index in [1.807, 2.05) is 31.2 Å². The molecule has 7 heteroatoms. The van der Waals surface area contributed by atoms with E-state index in [0.717, 1.165) is 30.2 Å². The van der Waals surface area contributed by atoms with Crippen molar-refractivity contribution >= 4 is 29.9 Å². The number of aliphatic imine (C=N–C) groups is 1. The Kier molecular flexibility index (Phi) is 8.02. The average Bonchev–Trinajstić information content (AvgIpc) is 3.07. The summed E-state index contributed by atoms with van der Waals surface area (Å²) in [5, 5.41) is 16.4. The number of guanidine groups is 1. The predicted molar refractivity (Wildman–Crippen MR) is 117 cm³/mol. The van der Waals surface area contributed by atoms with Crippen LogP contribution < -0.4 is 20.1 Å². The maximum absolute atomic E-state index is 9.87. The van der Waals surface area contributed by atoms with Crippen LogP contribution in [-0.2, 0) is 13.0 Å². The van der Waals surface area contributed by atoms with Crippen molar-refractivity contribution in [3.8, 4) is 17.2 Å². The molecular formula is C20H26IN3O3. The van der Waals surface area contributed by atoms with E-state index in [2.05, 4.69) is 21.7 Å². The van der Waals surface area contributed by atoms with Crippen LogP contribution in [0, 0.1) is 0 Å². The Balaban J connectivity index is 0.00000261. The monoisotopic (exact) mass is 483 g/mol. The number of nitrogens with zero attached hydrogens (tertiary/aromatic N) is 1. The summed E-state index contributed by atoms with van der Waals surface area (Å²) in [6.07, 6.45) is 0.996. The van der Waals surface area contributed by atoms with Crippen molar-refractivity contribution in [1.29, 1.82) is 0 Å². The summed E-state index contributed by atoms with van der Waals surface area (Å²) in [5.74, 6) is 2.27. The van der Waals surface area contributed by atoms with Crippen LogP contribution in [0.15, 0.2) is 47.5 Å². The molecule has 0 aliphatic carbocycles. The fourth-order valence-electron chi connectivity index (χ4n) is 2.92. The largest absolute Gasteiger partial charge is 0.504 e. The van der Waals surface area contributed by atoms with E-state index in [0.29, 0.717) is 18.8 Å². The number of hydrogen-bond acceptors (Lipinski definition) is 4. The van der Waals surface area contributed by atoms with Gasteiger partial charge in [-0.05, 0) is 36.2 Å². The second kappa shape index (κ2) is 10.2. The molecule has 0 bridgehead atoms. The molecule has 1 heterocycles. The van der Waals surface area contributed by atoms with Crippen molar-refractivity contribution in [2.75, 3.05) is 20.2 Å². The lowest BCUT2D eigenvalue weighted by Crippen LogP contribution is -2.42. The number of hydrogen-bond donors (Lipinski definition) is 3. The second-order valence-corrected chi connectivity index (χ2v) is 6.13. The molecule has 3 N–H and O–H groups in total. The van der Waals surface area contributed by atoms with Gasteiger partial charge in [-0.2, -0.15) is 0 Å². The zero-order valence-corrected chi connectivity index (χ0v) is 17.9. The van der Waals surface area contributed by atoms with Crippen LogP contribution in [-0.4, -0.2) is 37.4 Å². The molecule has 1 unspecified atom stereocenters. The van der Waals surface area contributed by atoms with E-state index >= 15 is 0 Å². The summed E-state index contributed by atoms with van der Waals surface area (Å²) in [6.45, 7) is 3.93. The average molecular weight is 483 g/mol. The first-order chi connectivity index (χ1) is 12.7. The van der Waals surface area contributed by atoms with Crippen molar-refractivity contribution in [2.24, 2.45) is 4.99 Å². The Morgan fingerprint density at radius 3 is 2.78 bits per heavy atom. The van der Waals surface area contributed by atoms with Crippen LogP contribution >= 0.6 is 24.0 Å². The van der Waals surface area contributed by atoms with Gasteiger partial charge in [0.05, 0.1) is 20.2 Å². The highest BCUT2D eigenvalue weighted by Gasteiger charge is 2.22. The van der Waals surface area contributed by atoms with Crippen molar-refractivity contribution in [3.05, 3.63) is 53.6 Å². The standard InChI is InChI=1S/C20H25N3O3.HI/c1-3-21-20(22-12-14-8-9-19(25-2)17(24)10-14)23-13-16-11-15-6-4-5-7-18(15)26-16;/h4-10,16,24H,3,11-13H2,1-2H3,(H2,21,22,23);1H. The Labute approximate surface area is 177 Å². The maximum Gasteiger partial charge on any atom is 0.191 e. The minimum atomic E-state index is 0. The van der Waals surface area contributed by atoms with E-state index in [4.69, 9.17) is 9.47 Å². The number of methoxy groups -OCH3 is 1. The topological polar surface area (TPSA) is 75.1 Å². The van der Waals surface area contributed by atoms with E-state index in [9.17, 15) is 5.11 Å². The molecule has 1 aliphatic rings. The Bertz CT molecular complexity index is 758. The van der Waals surface area contributed by atoms with Gasteiger partial charge >= 0.3 is 0 Å². The first-order valence-electron chi connectivity index (χ1n) is 8.82. The summed E-state index contributed by atoms with van der Waals surface area (Å²) < 4.78 is 11.0. The van der Waals surface area contributed by atoms with Crippen molar-refractivity contribution in [3.63, 3.8) is 0 Å². The number of fused-ring (bicyclic) bond motifs is 1. The summed E-state index contributed by atoms with van der Waals surface area (Å²) in [7, 11) is 1.53. The third-order valence-electron chi connectivity index (χ3n) is 4.22. The quantitative estimate of drug-likeness (QED) is 0.335. The maximum atomic E-state index is 9.87. The molecule has 27 heavy (non-hydrogen) atoms. The Morgan fingerprint density at radius 1 is 1.26 bits per heavy atom. The number of nitrogens with one attached hydrogen (secondary N) is 2. The Morgan fingerprint density at radius 2 is 2.07 bits per heavy atom. The van der Waals surface area contributed by atoms with Crippen molar-refractivity contribution in [1.82, 2.24) is 10.6 Å². The van der Waals surface area contributed by atoms with Gasteiger partial charge < -0.3 is 25.2 Å². The van der Waals surface area contributed by atoms with E-state index in [1.54, 1.807) is 12.1 Å². The molecule has 0 saturated carbocycles. The molecule has 3 rings (SSSR count). The molecule has 6 nitrogen and oxygen atoms in total. The van der Waals surface area contributed by atoms with Gasteiger partial charge in [0.2, 0.25) is 0 Å². The minimum absolute atomic E-state index is 0. The SMILES string of the molecule is CCNC(=NCc1ccc(OC)c(O)c1)NCC1Cc2ccccc2O1.I. The molecule has 146 valence electrons. The molecule has 0 saturated heterocycles. The minimum Gasteiger partial charge on any atom is -0.504 e. The lowest BCUT2D eigenvalue weighted by atomic mass is 10.1. The van der Waals surface area contributed by atoms with Crippen LogP contribution in [0.1, 0.15) is 18.1 Å². The molecule has 2 aromatic carbocycles. The smallest absolute Gasteiger partial charge is 0.191 e. The molecule has 0 aromatic heterocycles. The number of phenols is 1. The van der Waals surface area contributed by atoms with Gasteiger partial charge in [0.15, 0.2) is 17.5 Å². The van der Waals surface area contributed by atoms with Gasteiger partial charge in [-0.3, -0.25) is 0 Å². The molecule has 2 aromatic rings. The lowest BCUT2D eigenvalue weighted by Gasteiger charge is -2.15. The first-order valence-corrected chi connectivity index (χ1v) is 8.82. The van der Waals surface area contributed by atoms with Crippen molar-refractivity contribution in [2.45, 2.75) is 26.0 Å². The number of phenolic OH excluding ortho intramolecular Hbond substituents is 1. The number of ether oxygens (including phenoxy) is 2. The zero-order chi connectivity index (χ0) is 18.4. The fourth-order valence-corrected chi connectivity index (χ4v) is 2.92. The highest BCUT2D eigenvalue weighted by atomic mass is 127. The van der Waals surface area contributed by atoms with Gasteiger partial charge in [0.25, 0.3) is 0 Å². The normalized spacial score (nSPS) is 15.3. The molecular weight excluding hydrogens is 457 g/mol. The number of aromatic hydroxyl groups is 1. The predicted octanol–water partition coefficient (Wildman–Crippen LogP) is 3.08. The summed E-state index contributed by atoms with van der Waals surface area (Å²) in [4.78, 5) is 4.58. The van der Waals surface area contributed by atoms with Gasteiger partial charge in [0.1, 0.15) is 11.9 Å². The Hall–Kier alpha value is -2.16. The molecule has 1 atom stereocenters. The first kappa shape index (κ1) is 21.1. The molecule has 0 amide bonds. The van der Waals surface area contributed by atoms with Crippen LogP contribution in [0.2, 0.25) is 0 Å². The number of benzene rings is 2. The molecule has 0 radical (unpaired) electrons. The van der Waals surface area contributed by atoms with Gasteiger partial charge in [0, 0.05) is 13.0 Å². The highest BCUT2D eigenvalue weighted by molar-refractivity contribution is 14.0. The van der Waals surface area contributed by atoms with Crippen LogP contribution in [0.3, 0.4) is 0 Å². The number of halogens is 1. The number of para-hydroxylation sites is 1. The fraction of sp³-hybridized carbons (Fsp3) is 0.350. The third-order valence-corrected chi connectivity index (χ3v) is 4.22. The van der Waals surface area contributed by atoms with E-state index in [1.165, 1.54) is 12.7 Å². The lowest BCUT2D eigenvalue weighted by molar-refractivity contribution is 0.235.